The summed E-state index contributed by atoms with van der Waals surface area (Å²) in [7, 11) is -6.00. The molecule has 0 aromatic heterocycles. The Hall–Kier alpha value is 0.340. The van der Waals surface area contributed by atoms with Crippen LogP contribution in [0.15, 0.2) is 0 Å². The van der Waals surface area contributed by atoms with Gasteiger partial charge in [0.15, 0.2) is 5.52 Å². The fourth-order valence-electron chi connectivity index (χ4n) is 0.106. The molecule has 0 fully saturated rings. The first-order chi connectivity index (χ1) is 3.55. The Morgan fingerprint density at radius 2 is 1.50 bits per heavy atom. The molecular weight excluding hydrogens is 152 g/mol. The molecule has 0 aromatic carbocycles. The van der Waals surface area contributed by atoms with Gasteiger partial charge in [0.2, 0.25) is 16.1 Å². The average molecular weight is 159 g/mol. The van der Waals surface area contributed by atoms with E-state index in [1.807, 2.05) is 0 Å². The van der Waals surface area contributed by atoms with Crippen LogP contribution in [0.5, 0.6) is 0 Å². The molecule has 0 radical (unpaired) electrons. The minimum absolute atomic E-state index is 1.43. The van der Waals surface area contributed by atoms with Gasteiger partial charge in [-0.1, -0.05) is 0 Å². The van der Waals surface area contributed by atoms with Gasteiger partial charge in [0.05, 0.1) is 0 Å². The Kier molecular flexibility index (Phi) is 3.53. The molecule has 0 rings (SSSR count). The summed E-state index contributed by atoms with van der Waals surface area (Å²) in [6.07, 6.45) is 0. The largest absolute Gasteiger partial charge is 0.345 e. The van der Waals surface area contributed by atoms with Gasteiger partial charge in [0.1, 0.15) is 0 Å². The molecule has 0 heterocycles. The molecule has 0 amide bonds. The van der Waals surface area contributed by atoms with E-state index in [0.29, 0.717) is 0 Å². The summed E-state index contributed by atoms with van der Waals surface area (Å²) in [4.78, 5) is 16.2. The standard InChI is InChI=1S/CH7NO4P2/c2-1(7(3)4)8(5)6/h1,7-8H,2H2,(H,3,4)(H,5,6). The predicted octanol–water partition coefficient (Wildman–Crippen LogP) is -0.837. The maximum atomic E-state index is 9.87. The Morgan fingerprint density at radius 3 is 1.50 bits per heavy atom. The van der Waals surface area contributed by atoms with Crippen LogP contribution >= 0.6 is 16.1 Å². The summed E-state index contributed by atoms with van der Waals surface area (Å²) in [6, 6.07) is 0. The lowest BCUT2D eigenvalue weighted by Crippen LogP contribution is -2.08. The monoisotopic (exact) mass is 159 g/mol. The maximum absolute atomic E-state index is 9.87. The van der Waals surface area contributed by atoms with Crippen LogP contribution in [-0.2, 0) is 9.13 Å². The maximum Gasteiger partial charge on any atom is 0.214 e. The Labute approximate surface area is 47.3 Å². The van der Waals surface area contributed by atoms with E-state index < -0.39 is 21.6 Å². The van der Waals surface area contributed by atoms with Crippen LogP contribution in [0.25, 0.3) is 0 Å². The van der Waals surface area contributed by atoms with Gasteiger partial charge in [-0.3, -0.25) is 9.13 Å². The van der Waals surface area contributed by atoms with Gasteiger partial charge in [0.25, 0.3) is 0 Å². The SMILES string of the molecule is NC([PH](=O)O)[PH](=O)O. The predicted molar refractivity (Wildman–Crippen MR) is 30.4 cm³/mol. The van der Waals surface area contributed by atoms with Crippen LogP contribution in [0.1, 0.15) is 0 Å². The molecule has 0 saturated carbocycles. The summed E-state index contributed by atoms with van der Waals surface area (Å²) in [5, 5.41) is 0. The van der Waals surface area contributed by atoms with Crippen LogP contribution in [-0.4, -0.2) is 15.3 Å². The highest BCUT2D eigenvalue weighted by Gasteiger charge is 2.12. The van der Waals surface area contributed by atoms with Crippen molar-refractivity contribution in [2.45, 2.75) is 5.52 Å². The van der Waals surface area contributed by atoms with Crippen molar-refractivity contribution in [3.63, 3.8) is 0 Å². The zero-order chi connectivity index (χ0) is 6.73. The Bertz CT molecular complexity index is 109. The molecule has 50 valence electrons. The van der Waals surface area contributed by atoms with E-state index in [1.165, 1.54) is 0 Å². The normalized spacial score (nSPS) is 21.9. The number of hydrogen-bond donors (Lipinski definition) is 3. The van der Waals surface area contributed by atoms with Gasteiger partial charge in [-0.2, -0.15) is 0 Å². The first kappa shape index (κ1) is 8.34. The fourth-order valence-corrected chi connectivity index (χ4v) is 0.951. The molecule has 0 saturated heterocycles. The van der Waals surface area contributed by atoms with Gasteiger partial charge in [-0.15, -0.1) is 0 Å². The number of hydrogen-bond acceptors (Lipinski definition) is 3. The summed E-state index contributed by atoms with van der Waals surface area (Å²) >= 11 is 0. The number of rotatable bonds is 2. The molecule has 0 bridgehead atoms. The highest BCUT2D eigenvalue weighted by Crippen LogP contribution is 2.34. The quantitative estimate of drug-likeness (QED) is 0.456. The zero-order valence-electron chi connectivity index (χ0n) is 3.87. The first-order valence-electron chi connectivity index (χ1n) is 1.77. The molecule has 0 aliphatic carbocycles. The van der Waals surface area contributed by atoms with E-state index in [9.17, 15) is 9.13 Å². The minimum atomic E-state index is -3.00. The molecule has 4 N–H and O–H groups in total. The van der Waals surface area contributed by atoms with E-state index in [2.05, 4.69) is 0 Å². The molecule has 2 unspecified atom stereocenters. The van der Waals surface area contributed by atoms with Gasteiger partial charge < -0.3 is 15.5 Å². The van der Waals surface area contributed by atoms with Crippen LogP contribution in [0, 0.1) is 0 Å². The molecule has 8 heavy (non-hydrogen) atoms. The van der Waals surface area contributed by atoms with Crippen molar-refractivity contribution in [1.29, 1.82) is 0 Å². The lowest BCUT2D eigenvalue weighted by atomic mass is 11.5. The van der Waals surface area contributed by atoms with Gasteiger partial charge in [-0.05, 0) is 0 Å². The van der Waals surface area contributed by atoms with Crippen molar-refractivity contribution >= 4 is 16.1 Å². The van der Waals surface area contributed by atoms with Crippen molar-refractivity contribution in [3.8, 4) is 0 Å². The van der Waals surface area contributed by atoms with Crippen LogP contribution < -0.4 is 5.73 Å². The molecule has 0 spiro atoms. The molecule has 7 heteroatoms. The average Bonchev–Trinajstić information content (AvgIpc) is 1.64. The second-order valence-corrected chi connectivity index (χ2v) is 4.33. The summed E-state index contributed by atoms with van der Waals surface area (Å²) < 4.78 is 19.7. The molecular formula is CH7NO4P2. The molecule has 0 aliphatic rings. The van der Waals surface area contributed by atoms with Crippen molar-refractivity contribution in [1.82, 2.24) is 0 Å². The lowest BCUT2D eigenvalue weighted by molar-refractivity contribution is 0.479. The highest BCUT2D eigenvalue weighted by atomic mass is 31.2. The topological polar surface area (TPSA) is 101 Å². The minimum Gasteiger partial charge on any atom is -0.345 e. The first-order valence-corrected chi connectivity index (χ1v) is 4.63. The summed E-state index contributed by atoms with van der Waals surface area (Å²) in [5.74, 6) is 0. The summed E-state index contributed by atoms with van der Waals surface area (Å²) in [5.41, 5.74) is 3.30. The highest BCUT2D eigenvalue weighted by molar-refractivity contribution is 7.57. The lowest BCUT2D eigenvalue weighted by Gasteiger charge is -1.99. The van der Waals surface area contributed by atoms with Crippen molar-refractivity contribution in [3.05, 3.63) is 0 Å². The van der Waals surface area contributed by atoms with Gasteiger partial charge in [-0.25, -0.2) is 0 Å². The van der Waals surface area contributed by atoms with E-state index in [0.717, 1.165) is 0 Å². The van der Waals surface area contributed by atoms with Crippen molar-refractivity contribution in [2.75, 3.05) is 0 Å². The molecule has 0 aromatic rings. The molecule has 2 atom stereocenters. The van der Waals surface area contributed by atoms with Crippen molar-refractivity contribution in [2.24, 2.45) is 5.73 Å². The third kappa shape index (κ3) is 2.60. The van der Waals surface area contributed by atoms with Crippen LogP contribution in [0.2, 0.25) is 0 Å². The fraction of sp³-hybridized carbons (Fsp3) is 1.00. The van der Waals surface area contributed by atoms with E-state index in [-0.39, 0.29) is 0 Å². The van der Waals surface area contributed by atoms with E-state index in [1.54, 1.807) is 0 Å². The van der Waals surface area contributed by atoms with Crippen LogP contribution in [0.3, 0.4) is 0 Å². The van der Waals surface area contributed by atoms with E-state index >= 15 is 0 Å². The third-order valence-electron chi connectivity index (χ3n) is 0.532. The van der Waals surface area contributed by atoms with Crippen molar-refractivity contribution < 1.29 is 18.9 Å². The van der Waals surface area contributed by atoms with Crippen LogP contribution in [0.4, 0.5) is 0 Å². The molecule has 5 nitrogen and oxygen atoms in total. The zero-order valence-corrected chi connectivity index (χ0v) is 5.87. The second kappa shape index (κ2) is 3.38. The third-order valence-corrected chi connectivity index (χ3v) is 3.08. The van der Waals surface area contributed by atoms with E-state index in [4.69, 9.17) is 15.5 Å². The Morgan fingerprint density at radius 1 is 1.25 bits per heavy atom. The smallest absolute Gasteiger partial charge is 0.214 e. The van der Waals surface area contributed by atoms with Gasteiger partial charge in [0, 0.05) is 0 Å². The Balaban J connectivity index is 3.83. The second-order valence-electron chi connectivity index (χ2n) is 1.15. The number of nitrogens with two attached hydrogens (primary N) is 1. The molecule has 0 aliphatic heterocycles. The summed E-state index contributed by atoms with van der Waals surface area (Å²) in [6.45, 7) is 0. The van der Waals surface area contributed by atoms with Gasteiger partial charge >= 0.3 is 0 Å².